The third-order valence-electron chi connectivity index (χ3n) is 3.88. The maximum Gasteiger partial charge on any atom is 0.221 e. The number of para-hydroxylation sites is 1. The van der Waals surface area contributed by atoms with E-state index in [1.54, 1.807) is 6.92 Å². The summed E-state index contributed by atoms with van der Waals surface area (Å²) in [6, 6.07) is 8.59. The van der Waals surface area contributed by atoms with Crippen LogP contribution in [-0.2, 0) is 11.3 Å². The molecule has 0 aromatic heterocycles. The number of anilines is 1. The second-order valence-electron chi connectivity index (χ2n) is 6.32. The fourth-order valence-electron chi connectivity index (χ4n) is 2.85. The molecule has 0 heterocycles. The summed E-state index contributed by atoms with van der Waals surface area (Å²) in [5, 5.41) is 6.50. The van der Waals surface area contributed by atoms with Crippen molar-refractivity contribution in [2.24, 2.45) is 5.41 Å². The van der Waals surface area contributed by atoms with Gasteiger partial charge in [0.15, 0.2) is 0 Å². The van der Waals surface area contributed by atoms with E-state index in [9.17, 15) is 4.79 Å². The van der Waals surface area contributed by atoms with Gasteiger partial charge in [-0.1, -0.05) is 32.0 Å². The number of carbonyl (C=O) groups excluding carboxylic acids is 1. The Morgan fingerprint density at radius 2 is 2.11 bits per heavy atom. The van der Waals surface area contributed by atoms with Gasteiger partial charge in [0.2, 0.25) is 5.91 Å². The molecule has 104 valence electrons. The number of benzene rings is 1. The van der Waals surface area contributed by atoms with E-state index in [4.69, 9.17) is 0 Å². The Morgan fingerprint density at radius 3 is 2.74 bits per heavy atom. The highest BCUT2D eigenvalue weighted by Crippen LogP contribution is 2.37. The minimum Gasteiger partial charge on any atom is -0.326 e. The molecule has 1 atom stereocenters. The van der Waals surface area contributed by atoms with E-state index in [-0.39, 0.29) is 5.91 Å². The Balaban J connectivity index is 1.94. The van der Waals surface area contributed by atoms with Gasteiger partial charge in [-0.3, -0.25) is 4.79 Å². The van der Waals surface area contributed by atoms with Crippen molar-refractivity contribution in [3.05, 3.63) is 29.8 Å². The number of nitrogens with one attached hydrogen (secondary N) is 2. The first-order chi connectivity index (χ1) is 8.96. The van der Waals surface area contributed by atoms with E-state index in [2.05, 4.69) is 30.5 Å². The van der Waals surface area contributed by atoms with Crippen molar-refractivity contribution in [2.45, 2.75) is 52.6 Å². The van der Waals surface area contributed by atoms with Crippen LogP contribution in [0, 0.1) is 5.41 Å². The van der Waals surface area contributed by atoms with Gasteiger partial charge < -0.3 is 10.6 Å². The summed E-state index contributed by atoms with van der Waals surface area (Å²) < 4.78 is 0. The SMILES string of the molecule is CC(=O)Nc1ccccc1CNC1CCC(C)(C)C1. The van der Waals surface area contributed by atoms with Gasteiger partial charge in [-0.05, 0) is 36.3 Å². The molecule has 3 heteroatoms. The van der Waals surface area contributed by atoms with Crippen LogP contribution in [0.2, 0.25) is 0 Å². The first kappa shape index (κ1) is 14.1. The van der Waals surface area contributed by atoms with Crippen molar-refractivity contribution in [1.82, 2.24) is 5.32 Å². The van der Waals surface area contributed by atoms with Crippen LogP contribution < -0.4 is 10.6 Å². The monoisotopic (exact) mass is 260 g/mol. The molecule has 1 saturated carbocycles. The van der Waals surface area contributed by atoms with Crippen molar-refractivity contribution < 1.29 is 4.79 Å². The normalized spacial score (nSPS) is 21.3. The van der Waals surface area contributed by atoms with Gasteiger partial charge in [0.05, 0.1) is 0 Å². The van der Waals surface area contributed by atoms with Crippen molar-refractivity contribution in [2.75, 3.05) is 5.32 Å². The highest BCUT2D eigenvalue weighted by Gasteiger charge is 2.30. The van der Waals surface area contributed by atoms with E-state index in [0.717, 1.165) is 17.8 Å². The zero-order valence-corrected chi connectivity index (χ0v) is 12.1. The number of amides is 1. The highest BCUT2D eigenvalue weighted by molar-refractivity contribution is 5.89. The molecule has 1 amide bonds. The topological polar surface area (TPSA) is 41.1 Å². The summed E-state index contributed by atoms with van der Waals surface area (Å²) in [5.74, 6) is -0.0190. The lowest BCUT2D eigenvalue weighted by molar-refractivity contribution is -0.114. The Kier molecular flexibility index (Phi) is 4.25. The molecule has 1 unspecified atom stereocenters. The summed E-state index contributed by atoms with van der Waals surface area (Å²) in [7, 11) is 0. The van der Waals surface area contributed by atoms with Crippen LogP contribution in [0.25, 0.3) is 0 Å². The molecule has 0 spiro atoms. The summed E-state index contributed by atoms with van der Waals surface area (Å²) in [6.07, 6.45) is 3.77. The van der Waals surface area contributed by atoms with Gasteiger partial charge in [-0.15, -0.1) is 0 Å². The van der Waals surface area contributed by atoms with E-state index in [0.29, 0.717) is 11.5 Å². The fourth-order valence-corrected chi connectivity index (χ4v) is 2.85. The maximum atomic E-state index is 11.2. The average molecular weight is 260 g/mol. The standard InChI is InChI=1S/C16H24N2O/c1-12(19)18-15-7-5-4-6-13(15)11-17-14-8-9-16(2,3)10-14/h4-7,14,17H,8-11H2,1-3H3,(H,18,19). The zero-order valence-electron chi connectivity index (χ0n) is 12.1. The predicted octanol–water partition coefficient (Wildman–Crippen LogP) is 3.31. The quantitative estimate of drug-likeness (QED) is 0.872. The average Bonchev–Trinajstić information content (AvgIpc) is 2.67. The third kappa shape index (κ3) is 4.06. The van der Waals surface area contributed by atoms with E-state index in [1.807, 2.05) is 18.2 Å². The Hall–Kier alpha value is -1.35. The summed E-state index contributed by atoms with van der Waals surface area (Å²) in [5.41, 5.74) is 2.54. The largest absolute Gasteiger partial charge is 0.326 e. The third-order valence-corrected chi connectivity index (χ3v) is 3.88. The van der Waals surface area contributed by atoms with Crippen molar-refractivity contribution in [3.63, 3.8) is 0 Å². The molecule has 1 aromatic rings. The zero-order chi connectivity index (χ0) is 13.9. The molecule has 19 heavy (non-hydrogen) atoms. The molecule has 1 aliphatic carbocycles. The van der Waals surface area contributed by atoms with Crippen LogP contribution in [0.3, 0.4) is 0 Å². The molecule has 2 N–H and O–H groups in total. The van der Waals surface area contributed by atoms with Gasteiger partial charge in [0.25, 0.3) is 0 Å². The van der Waals surface area contributed by atoms with Crippen LogP contribution in [0.4, 0.5) is 5.69 Å². The Bertz CT molecular complexity index is 454. The Morgan fingerprint density at radius 1 is 1.37 bits per heavy atom. The molecule has 2 rings (SSSR count). The van der Waals surface area contributed by atoms with Gasteiger partial charge in [0, 0.05) is 25.2 Å². The lowest BCUT2D eigenvalue weighted by Crippen LogP contribution is -2.27. The molecule has 1 aromatic carbocycles. The smallest absolute Gasteiger partial charge is 0.221 e. The van der Waals surface area contributed by atoms with Crippen LogP contribution >= 0.6 is 0 Å². The first-order valence-corrected chi connectivity index (χ1v) is 7.05. The molecule has 0 bridgehead atoms. The van der Waals surface area contributed by atoms with E-state index < -0.39 is 0 Å². The second-order valence-corrected chi connectivity index (χ2v) is 6.32. The van der Waals surface area contributed by atoms with Gasteiger partial charge >= 0.3 is 0 Å². The van der Waals surface area contributed by atoms with Crippen LogP contribution in [0.5, 0.6) is 0 Å². The minimum absolute atomic E-state index is 0.0190. The molecule has 0 saturated heterocycles. The van der Waals surface area contributed by atoms with Crippen LogP contribution in [0.1, 0.15) is 45.6 Å². The predicted molar refractivity (Wildman–Crippen MR) is 79.0 cm³/mol. The van der Waals surface area contributed by atoms with Crippen molar-refractivity contribution in [1.29, 1.82) is 0 Å². The number of hydrogen-bond acceptors (Lipinski definition) is 2. The van der Waals surface area contributed by atoms with Crippen molar-refractivity contribution >= 4 is 11.6 Å². The molecule has 1 fully saturated rings. The minimum atomic E-state index is -0.0190. The van der Waals surface area contributed by atoms with Crippen molar-refractivity contribution in [3.8, 4) is 0 Å². The van der Waals surface area contributed by atoms with Gasteiger partial charge in [0.1, 0.15) is 0 Å². The molecule has 1 aliphatic rings. The summed E-state index contributed by atoms with van der Waals surface area (Å²) >= 11 is 0. The van der Waals surface area contributed by atoms with E-state index in [1.165, 1.54) is 19.3 Å². The Labute approximate surface area is 115 Å². The lowest BCUT2D eigenvalue weighted by atomic mass is 9.92. The maximum absolute atomic E-state index is 11.2. The molecular weight excluding hydrogens is 236 g/mol. The summed E-state index contributed by atoms with van der Waals surface area (Å²) in [4.78, 5) is 11.2. The number of rotatable bonds is 4. The number of hydrogen-bond donors (Lipinski definition) is 2. The molecule has 0 radical (unpaired) electrons. The number of carbonyl (C=O) groups is 1. The van der Waals surface area contributed by atoms with Gasteiger partial charge in [-0.2, -0.15) is 0 Å². The lowest BCUT2D eigenvalue weighted by Gasteiger charge is -2.18. The molecular formula is C16H24N2O. The second kappa shape index (κ2) is 5.74. The van der Waals surface area contributed by atoms with Crippen LogP contribution in [0.15, 0.2) is 24.3 Å². The highest BCUT2D eigenvalue weighted by atomic mass is 16.1. The van der Waals surface area contributed by atoms with Gasteiger partial charge in [-0.25, -0.2) is 0 Å². The fraction of sp³-hybridized carbons (Fsp3) is 0.562. The summed E-state index contributed by atoms with van der Waals surface area (Å²) in [6.45, 7) is 7.03. The van der Waals surface area contributed by atoms with Crippen LogP contribution in [-0.4, -0.2) is 11.9 Å². The first-order valence-electron chi connectivity index (χ1n) is 7.05. The molecule has 0 aliphatic heterocycles. The van der Waals surface area contributed by atoms with E-state index >= 15 is 0 Å². The molecule has 3 nitrogen and oxygen atoms in total.